The molecule has 214 valence electrons. The molecule has 0 N–H and O–H groups in total. The predicted molar refractivity (Wildman–Crippen MR) is 165 cm³/mol. The van der Waals surface area contributed by atoms with Gasteiger partial charge in [-0.25, -0.2) is 13.0 Å². The SMILES string of the molecule is CC(C)c1ccc(CC2(Cc3ccc(C(C)C)cc3)C[N+](CCCS(=O)(=O)[O-])=Cc3cc(C(C)C)ccc32)cc1. The fourth-order valence-electron chi connectivity index (χ4n) is 6.02. The molecule has 3 aromatic rings. The number of hydrogen-bond donors (Lipinski definition) is 0. The Morgan fingerprint density at radius 2 is 1.23 bits per heavy atom. The summed E-state index contributed by atoms with van der Waals surface area (Å²) in [5.74, 6) is 1.03. The van der Waals surface area contributed by atoms with Crippen LogP contribution in [0.2, 0.25) is 0 Å². The van der Waals surface area contributed by atoms with E-state index in [1.165, 1.54) is 38.9 Å². The molecule has 0 amide bonds. The van der Waals surface area contributed by atoms with Crippen LogP contribution in [0.1, 0.15) is 105 Å². The van der Waals surface area contributed by atoms with Crippen molar-refractivity contribution in [2.24, 2.45) is 0 Å². The highest BCUT2D eigenvalue weighted by Gasteiger charge is 2.42. The van der Waals surface area contributed by atoms with Gasteiger partial charge in [0, 0.05) is 17.7 Å². The summed E-state index contributed by atoms with van der Waals surface area (Å²) in [5.41, 5.74) is 8.87. The molecule has 0 aromatic heterocycles. The van der Waals surface area contributed by atoms with E-state index >= 15 is 0 Å². The number of nitrogens with zero attached hydrogens (tertiary/aromatic N) is 1. The molecule has 0 saturated heterocycles. The molecule has 0 spiro atoms. The van der Waals surface area contributed by atoms with Crippen LogP contribution in [0.25, 0.3) is 0 Å². The Bertz CT molecular complexity index is 1380. The molecule has 1 heterocycles. The van der Waals surface area contributed by atoms with E-state index in [1.807, 2.05) is 0 Å². The van der Waals surface area contributed by atoms with E-state index in [2.05, 4.69) is 119 Å². The average molecular weight is 560 g/mol. The summed E-state index contributed by atoms with van der Waals surface area (Å²) in [6, 6.07) is 25.0. The Kier molecular flexibility index (Phi) is 9.36. The van der Waals surface area contributed by atoms with Crippen molar-refractivity contribution in [2.45, 2.75) is 84.0 Å². The van der Waals surface area contributed by atoms with Crippen LogP contribution in [0.15, 0.2) is 66.7 Å². The van der Waals surface area contributed by atoms with Crippen LogP contribution in [0.4, 0.5) is 0 Å². The summed E-state index contributed by atoms with van der Waals surface area (Å²) in [7, 11) is -4.24. The summed E-state index contributed by atoms with van der Waals surface area (Å²) in [6.45, 7) is 14.6. The van der Waals surface area contributed by atoms with Gasteiger partial charge in [-0.15, -0.1) is 0 Å². The molecule has 4 rings (SSSR count). The lowest BCUT2D eigenvalue weighted by Crippen LogP contribution is -2.45. The van der Waals surface area contributed by atoms with Crippen molar-refractivity contribution in [2.75, 3.05) is 18.8 Å². The lowest BCUT2D eigenvalue weighted by molar-refractivity contribution is -0.534. The van der Waals surface area contributed by atoms with Gasteiger partial charge >= 0.3 is 0 Å². The summed E-state index contributed by atoms with van der Waals surface area (Å²) in [5, 5.41) is 0. The third-order valence-electron chi connectivity index (χ3n) is 8.36. The molecule has 0 radical (unpaired) electrons. The summed E-state index contributed by atoms with van der Waals surface area (Å²) >= 11 is 0. The van der Waals surface area contributed by atoms with Crippen molar-refractivity contribution >= 4 is 16.3 Å². The fourth-order valence-corrected chi connectivity index (χ4v) is 6.50. The Balaban J connectivity index is 1.80. The van der Waals surface area contributed by atoms with Crippen LogP contribution < -0.4 is 0 Å². The minimum Gasteiger partial charge on any atom is -0.748 e. The summed E-state index contributed by atoms with van der Waals surface area (Å²) in [6.07, 6.45) is 4.25. The van der Waals surface area contributed by atoms with Crippen molar-refractivity contribution in [1.29, 1.82) is 0 Å². The predicted octanol–water partition coefficient (Wildman–Crippen LogP) is 7.16. The molecule has 0 fully saturated rings. The summed E-state index contributed by atoms with van der Waals surface area (Å²) in [4.78, 5) is 0. The molecule has 0 unspecified atom stereocenters. The standard InChI is InChI=1S/C35H45NO3S/c1-25(2)30-12-8-28(9-13-30)21-35(22-29-10-14-31(15-11-29)26(3)4)24-36(18-7-19-40(37,38)39)23-33-20-32(27(5)6)16-17-34(33)35/h8-17,20,23,25-27H,7,18-19,21-22,24H2,1-6H3. The highest BCUT2D eigenvalue weighted by Crippen LogP contribution is 2.38. The average Bonchev–Trinajstić information content (AvgIpc) is 2.88. The smallest absolute Gasteiger partial charge is 0.171 e. The number of rotatable bonds is 11. The summed E-state index contributed by atoms with van der Waals surface area (Å²) < 4.78 is 36.4. The number of fused-ring (bicyclic) bond motifs is 1. The first-order chi connectivity index (χ1) is 18.8. The fraction of sp³-hybridized carbons (Fsp3) is 0.457. The Morgan fingerprint density at radius 1 is 0.750 bits per heavy atom. The normalized spacial score (nSPS) is 15.0. The first kappa shape index (κ1) is 30.2. The van der Waals surface area contributed by atoms with Crippen LogP contribution >= 0.6 is 0 Å². The van der Waals surface area contributed by atoms with Gasteiger partial charge in [-0.05, 0) is 70.0 Å². The van der Waals surface area contributed by atoms with E-state index in [0.29, 0.717) is 30.7 Å². The minimum absolute atomic E-state index is 0.214. The van der Waals surface area contributed by atoms with E-state index < -0.39 is 10.1 Å². The first-order valence-electron chi connectivity index (χ1n) is 14.7. The first-order valence-corrected chi connectivity index (χ1v) is 16.3. The maximum absolute atomic E-state index is 11.4. The van der Waals surface area contributed by atoms with Gasteiger partial charge in [0.05, 0.1) is 15.5 Å². The maximum atomic E-state index is 11.4. The molecule has 5 heteroatoms. The van der Waals surface area contributed by atoms with Gasteiger partial charge in [-0.2, -0.15) is 0 Å². The molecule has 0 bridgehead atoms. The molecule has 40 heavy (non-hydrogen) atoms. The molecule has 0 atom stereocenters. The second kappa shape index (κ2) is 12.4. The molecule has 1 aliphatic rings. The van der Waals surface area contributed by atoms with Gasteiger partial charge in [-0.1, -0.05) is 102 Å². The van der Waals surface area contributed by atoms with Crippen molar-refractivity contribution in [3.63, 3.8) is 0 Å². The van der Waals surface area contributed by atoms with E-state index in [0.717, 1.165) is 19.4 Å². The highest BCUT2D eigenvalue weighted by molar-refractivity contribution is 7.85. The van der Waals surface area contributed by atoms with Crippen LogP contribution in [0.5, 0.6) is 0 Å². The van der Waals surface area contributed by atoms with E-state index in [4.69, 9.17) is 0 Å². The highest BCUT2D eigenvalue weighted by atomic mass is 32.2. The second-order valence-corrected chi connectivity index (χ2v) is 14.2. The van der Waals surface area contributed by atoms with Crippen LogP contribution in [0.3, 0.4) is 0 Å². The molecular formula is C35H45NO3S. The monoisotopic (exact) mass is 559 g/mol. The molecule has 4 nitrogen and oxygen atoms in total. The quantitative estimate of drug-likeness (QED) is 0.185. The van der Waals surface area contributed by atoms with E-state index in [-0.39, 0.29) is 11.2 Å². The lowest BCUT2D eigenvalue weighted by Gasteiger charge is -2.37. The zero-order valence-electron chi connectivity index (χ0n) is 25.0. The molecule has 0 aliphatic carbocycles. The third kappa shape index (κ3) is 7.50. The third-order valence-corrected chi connectivity index (χ3v) is 9.15. The number of hydrogen-bond acceptors (Lipinski definition) is 3. The number of benzene rings is 3. The molecule has 1 aliphatic heterocycles. The van der Waals surface area contributed by atoms with Gasteiger partial charge in [0.2, 0.25) is 0 Å². The van der Waals surface area contributed by atoms with Crippen molar-refractivity contribution in [3.05, 3.63) is 106 Å². The van der Waals surface area contributed by atoms with Crippen LogP contribution in [-0.2, 0) is 28.4 Å². The zero-order valence-corrected chi connectivity index (χ0v) is 25.8. The van der Waals surface area contributed by atoms with Gasteiger partial charge in [0.25, 0.3) is 0 Å². The van der Waals surface area contributed by atoms with Crippen molar-refractivity contribution in [1.82, 2.24) is 0 Å². The Labute approximate surface area is 241 Å². The van der Waals surface area contributed by atoms with E-state index in [1.54, 1.807) is 0 Å². The Morgan fingerprint density at radius 3 is 1.68 bits per heavy atom. The molecule has 3 aromatic carbocycles. The van der Waals surface area contributed by atoms with Crippen LogP contribution in [-0.4, -0.2) is 42.6 Å². The second-order valence-electron chi connectivity index (χ2n) is 12.6. The van der Waals surface area contributed by atoms with Gasteiger partial charge in [-0.3, -0.25) is 0 Å². The molecule has 0 saturated carbocycles. The van der Waals surface area contributed by atoms with Crippen molar-refractivity contribution in [3.8, 4) is 0 Å². The maximum Gasteiger partial charge on any atom is 0.171 e. The Hall–Kier alpha value is -2.76. The molecular weight excluding hydrogens is 514 g/mol. The zero-order chi connectivity index (χ0) is 29.1. The minimum atomic E-state index is -4.24. The van der Waals surface area contributed by atoms with Crippen molar-refractivity contribution < 1.29 is 17.5 Å². The largest absolute Gasteiger partial charge is 0.748 e. The topological polar surface area (TPSA) is 60.2 Å². The van der Waals surface area contributed by atoms with Crippen LogP contribution in [0, 0.1) is 0 Å². The van der Waals surface area contributed by atoms with E-state index in [9.17, 15) is 13.0 Å². The van der Waals surface area contributed by atoms with Gasteiger partial charge in [0.15, 0.2) is 12.8 Å². The lowest BCUT2D eigenvalue weighted by atomic mass is 9.68. The van der Waals surface area contributed by atoms with Gasteiger partial charge < -0.3 is 4.55 Å². The van der Waals surface area contributed by atoms with Gasteiger partial charge in [0.1, 0.15) is 6.54 Å².